The quantitative estimate of drug-likeness (QED) is 0.453. The van der Waals surface area contributed by atoms with Gasteiger partial charge in [-0.25, -0.2) is 4.39 Å². The van der Waals surface area contributed by atoms with Gasteiger partial charge < -0.3 is 0 Å². The molecule has 4 heteroatoms. The molecular weight excluding hydrogens is 339 g/mol. The third kappa shape index (κ3) is 4.99. The lowest BCUT2D eigenvalue weighted by molar-refractivity contribution is 0.103. The Balaban J connectivity index is 2.24. The van der Waals surface area contributed by atoms with Crippen molar-refractivity contribution in [3.63, 3.8) is 0 Å². The SMILES string of the molecule is CSC(SC)=C(CCc1ccc(F)cc1)C(=O)c1ccc(C)cc1. The number of halogens is 1. The van der Waals surface area contributed by atoms with Crippen LogP contribution < -0.4 is 0 Å². The highest BCUT2D eigenvalue weighted by Gasteiger charge is 2.17. The lowest BCUT2D eigenvalue weighted by atomic mass is 9.98. The Kier molecular flexibility index (Phi) is 7.13. The average Bonchev–Trinajstić information content (AvgIpc) is 2.60. The highest BCUT2D eigenvalue weighted by molar-refractivity contribution is 8.21. The van der Waals surface area contributed by atoms with E-state index < -0.39 is 0 Å². The Morgan fingerprint density at radius 2 is 1.54 bits per heavy atom. The van der Waals surface area contributed by atoms with E-state index in [1.807, 2.05) is 43.7 Å². The van der Waals surface area contributed by atoms with Crippen molar-refractivity contribution in [2.24, 2.45) is 0 Å². The Hall–Kier alpha value is -1.52. The van der Waals surface area contributed by atoms with Crippen LogP contribution in [0.2, 0.25) is 0 Å². The molecule has 24 heavy (non-hydrogen) atoms. The fourth-order valence-corrected chi connectivity index (χ4v) is 3.99. The van der Waals surface area contributed by atoms with Crippen LogP contribution in [0.5, 0.6) is 0 Å². The van der Waals surface area contributed by atoms with E-state index in [-0.39, 0.29) is 11.6 Å². The number of allylic oxidation sites excluding steroid dienone is 1. The van der Waals surface area contributed by atoms with Crippen LogP contribution in [0.15, 0.2) is 58.3 Å². The van der Waals surface area contributed by atoms with Gasteiger partial charge in [0.1, 0.15) is 5.82 Å². The molecule has 1 nitrogen and oxygen atoms in total. The normalized spacial score (nSPS) is 10.5. The minimum Gasteiger partial charge on any atom is -0.289 e. The van der Waals surface area contributed by atoms with Gasteiger partial charge in [-0.1, -0.05) is 42.0 Å². The van der Waals surface area contributed by atoms with Crippen LogP contribution >= 0.6 is 23.5 Å². The molecule has 0 heterocycles. The van der Waals surface area contributed by atoms with Gasteiger partial charge >= 0.3 is 0 Å². The Labute approximate surface area is 151 Å². The van der Waals surface area contributed by atoms with Gasteiger partial charge in [0.15, 0.2) is 5.78 Å². The van der Waals surface area contributed by atoms with Crippen LogP contribution in [0, 0.1) is 12.7 Å². The minimum atomic E-state index is -0.237. The molecule has 2 rings (SSSR count). The maximum Gasteiger partial charge on any atom is 0.190 e. The maximum atomic E-state index is 13.0. The fraction of sp³-hybridized carbons (Fsp3) is 0.250. The second-order valence-corrected chi connectivity index (χ2v) is 7.39. The number of hydrogen-bond donors (Lipinski definition) is 0. The zero-order valence-electron chi connectivity index (χ0n) is 14.1. The standard InChI is InChI=1S/C20H21FOS2/c1-14-4-9-16(10-5-14)19(22)18(20(23-2)24-3)13-8-15-6-11-17(21)12-7-15/h4-7,9-12H,8,13H2,1-3H3. The zero-order valence-corrected chi connectivity index (χ0v) is 15.8. The summed E-state index contributed by atoms with van der Waals surface area (Å²) in [5, 5.41) is 0. The second-order valence-electron chi connectivity index (χ2n) is 5.50. The van der Waals surface area contributed by atoms with Gasteiger partial charge in [0.05, 0.1) is 0 Å². The summed E-state index contributed by atoms with van der Waals surface area (Å²) >= 11 is 3.21. The minimum absolute atomic E-state index is 0.0795. The molecule has 0 atom stereocenters. The molecular formula is C20H21FOS2. The van der Waals surface area contributed by atoms with Crippen molar-refractivity contribution in [1.29, 1.82) is 0 Å². The van der Waals surface area contributed by atoms with Gasteiger partial charge in [0.2, 0.25) is 0 Å². The topological polar surface area (TPSA) is 17.1 Å². The molecule has 0 amide bonds. The molecule has 0 aliphatic carbocycles. The fourth-order valence-electron chi connectivity index (χ4n) is 2.44. The zero-order chi connectivity index (χ0) is 17.5. The Morgan fingerprint density at radius 1 is 0.958 bits per heavy atom. The van der Waals surface area contributed by atoms with Crippen LogP contribution in [0.1, 0.15) is 27.9 Å². The first kappa shape index (κ1) is 18.8. The predicted molar refractivity (Wildman–Crippen MR) is 104 cm³/mol. The number of carbonyl (C=O) groups excluding carboxylic acids is 1. The maximum absolute atomic E-state index is 13.0. The molecule has 0 unspecified atom stereocenters. The van der Waals surface area contributed by atoms with Crippen molar-refractivity contribution in [3.05, 3.63) is 80.8 Å². The second kappa shape index (κ2) is 9.09. The molecule has 0 radical (unpaired) electrons. The summed E-state index contributed by atoms with van der Waals surface area (Å²) in [5.41, 5.74) is 3.73. The summed E-state index contributed by atoms with van der Waals surface area (Å²) in [5.74, 6) is -0.157. The van der Waals surface area contributed by atoms with Crippen molar-refractivity contribution in [1.82, 2.24) is 0 Å². The summed E-state index contributed by atoms with van der Waals surface area (Å²) in [6, 6.07) is 14.2. The van der Waals surface area contributed by atoms with E-state index in [1.165, 1.54) is 12.1 Å². The van der Waals surface area contributed by atoms with E-state index >= 15 is 0 Å². The van der Waals surface area contributed by atoms with Crippen LogP contribution in [-0.2, 0) is 6.42 Å². The molecule has 0 bridgehead atoms. The van der Waals surface area contributed by atoms with E-state index in [0.29, 0.717) is 6.42 Å². The molecule has 2 aromatic rings. The third-order valence-corrected chi connectivity index (χ3v) is 6.02. The molecule has 0 saturated heterocycles. The number of carbonyl (C=O) groups is 1. The number of benzene rings is 2. The van der Waals surface area contributed by atoms with E-state index in [4.69, 9.17) is 0 Å². The van der Waals surface area contributed by atoms with Gasteiger partial charge in [0, 0.05) is 15.4 Å². The lowest BCUT2D eigenvalue weighted by Crippen LogP contribution is -2.07. The van der Waals surface area contributed by atoms with E-state index in [0.717, 1.165) is 32.9 Å². The molecule has 126 valence electrons. The first-order chi connectivity index (χ1) is 11.5. The van der Waals surface area contributed by atoms with Crippen molar-refractivity contribution in [2.45, 2.75) is 19.8 Å². The average molecular weight is 361 g/mol. The highest BCUT2D eigenvalue weighted by atomic mass is 32.2. The van der Waals surface area contributed by atoms with Crippen molar-refractivity contribution in [2.75, 3.05) is 12.5 Å². The first-order valence-electron chi connectivity index (χ1n) is 7.72. The van der Waals surface area contributed by atoms with E-state index in [9.17, 15) is 9.18 Å². The molecule has 0 fully saturated rings. The number of hydrogen-bond acceptors (Lipinski definition) is 3. The first-order valence-corrected chi connectivity index (χ1v) is 10.2. The van der Waals surface area contributed by atoms with E-state index in [2.05, 4.69) is 0 Å². The number of rotatable bonds is 7. The van der Waals surface area contributed by atoms with Crippen molar-refractivity contribution >= 4 is 29.3 Å². The van der Waals surface area contributed by atoms with Crippen LogP contribution in [0.3, 0.4) is 0 Å². The van der Waals surface area contributed by atoms with Crippen LogP contribution in [0.25, 0.3) is 0 Å². The van der Waals surface area contributed by atoms with Gasteiger partial charge in [-0.05, 0) is 50.0 Å². The van der Waals surface area contributed by atoms with Crippen LogP contribution in [-0.4, -0.2) is 18.3 Å². The number of aryl methyl sites for hydroxylation is 2. The summed E-state index contributed by atoms with van der Waals surface area (Å²) in [6.07, 6.45) is 5.35. The molecule has 2 aromatic carbocycles. The summed E-state index contributed by atoms with van der Waals surface area (Å²) in [4.78, 5) is 12.9. The molecule has 0 aromatic heterocycles. The predicted octanol–water partition coefficient (Wildman–Crippen LogP) is 5.89. The summed E-state index contributed by atoms with van der Waals surface area (Å²) in [7, 11) is 0. The van der Waals surface area contributed by atoms with Crippen molar-refractivity contribution in [3.8, 4) is 0 Å². The van der Waals surface area contributed by atoms with E-state index in [1.54, 1.807) is 35.7 Å². The Morgan fingerprint density at radius 3 is 2.08 bits per heavy atom. The van der Waals surface area contributed by atoms with Crippen molar-refractivity contribution < 1.29 is 9.18 Å². The molecule has 0 N–H and O–H groups in total. The Bertz CT molecular complexity index is 712. The van der Waals surface area contributed by atoms with Gasteiger partial charge in [-0.3, -0.25) is 4.79 Å². The molecule has 0 spiro atoms. The summed E-state index contributed by atoms with van der Waals surface area (Å²) < 4.78 is 14.1. The molecule has 0 aliphatic heterocycles. The number of Topliss-reactive ketones (excluding diaryl/α,β-unsaturated/α-hetero) is 1. The largest absolute Gasteiger partial charge is 0.289 e. The highest BCUT2D eigenvalue weighted by Crippen LogP contribution is 2.32. The van der Waals surface area contributed by atoms with Gasteiger partial charge in [0.25, 0.3) is 0 Å². The van der Waals surface area contributed by atoms with Gasteiger partial charge in [-0.2, -0.15) is 0 Å². The van der Waals surface area contributed by atoms with Crippen LogP contribution in [0.4, 0.5) is 4.39 Å². The number of ketones is 1. The lowest BCUT2D eigenvalue weighted by Gasteiger charge is -2.12. The smallest absolute Gasteiger partial charge is 0.190 e. The monoisotopic (exact) mass is 360 g/mol. The molecule has 0 aliphatic rings. The molecule has 0 saturated carbocycles. The third-order valence-electron chi connectivity index (χ3n) is 3.78. The van der Waals surface area contributed by atoms with Gasteiger partial charge in [-0.15, -0.1) is 23.5 Å². The number of thioether (sulfide) groups is 2. The summed E-state index contributed by atoms with van der Waals surface area (Å²) in [6.45, 7) is 2.01.